The summed E-state index contributed by atoms with van der Waals surface area (Å²) in [6, 6.07) is 35.4. The van der Waals surface area contributed by atoms with Gasteiger partial charge in [0, 0.05) is 22.8 Å². The van der Waals surface area contributed by atoms with E-state index in [1.807, 2.05) is 13.8 Å². The van der Waals surface area contributed by atoms with Crippen LogP contribution in [0.3, 0.4) is 0 Å². The fraction of sp³-hybridized carbons (Fsp3) is 0.133. The zero-order valence-corrected chi connectivity index (χ0v) is 20.2. The third-order valence-electron chi connectivity index (χ3n) is 6.37. The minimum atomic E-state index is 0.150. The molecular weight excluding hydrogens is 454 g/mol. The van der Waals surface area contributed by atoms with Crippen molar-refractivity contribution in [1.82, 2.24) is 0 Å². The van der Waals surface area contributed by atoms with Crippen molar-refractivity contribution in [2.45, 2.75) is 19.9 Å². The Labute approximate surface area is 198 Å². The van der Waals surface area contributed by atoms with Crippen molar-refractivity contribution < 1.29 is 0 Å². The number of para-hydroxylation sites is 1. The lowest BCUT2D eigenvalue weighted by Gasteiger charge is -2.39. The monoisotopic (exact) mass is 479 g/mol. The van der Waals surface area contributed by atoms with Crippen LogP contribution < -0.4 is 4.90 Å². The van der Waals surface area contributed by atoms with Gasteiger partial charge in [-0.05, 0) is 56.4 Å². The van der Waals surface area contributed by atoms with E-state index in [4.69, 9.17) is 0 Å². The molecule has 5 aromatic carbocycles. The number of hydrogen-bond acceptors (Lipinski definition) is 1. The zero-order chi connectivity index (χ0) is 22.2. The quantitative estimate of drug-likeness (QED) is 0.216. The molecule has 158 valence electrons. The molecule has 1 aliphatic heterocycles. The van der Waals surface area contributed by atoms with E-state index in [1.165, 1.54) is 49.5 Å². The maximum Gasteiger partial charge on any atom is 0.0805 e. The first-order valence-corrected chi connectivity index (χ1v) is 12.0. The van der Waals surface area contributed by atoms with E-state index >= 15 is 0 Å². The Morgan fingerprint density at radius 1 is 0.625 bits per heavy atom. The minimum Gasteiger partial charge on any atom is -0.363 e. The molecule has 2 heteroatoms. The summed E-state index contributed by atoms with van der Waals surface area (Å²) in [7, 11) is 2.22. The van der Waals surface area contributed by atoms with Crippen LogP contribution in [0.15, 0.2) is 102 Å². The fourth-order valence-electron chi connectivity index (χ4n) is 5.10. The predicted molar refractivity (Wildman–Crippen MR) is 143 cm³/mol. The van der Waals surface area contributed by atoms with Crippen LogP contribution >= 0.6 is 15.9 Å². The molecule has 1 heterocycles. The number of nitrogens with zero attached hydrogens (tertiary/aromatic N) is 1. The maximum absolute atomic E-state index is 3.60. The second-order valence-electron chi connectivity index (χ2n) is 7.96. The molecular formula is C30H26BrN. The first-order valence-electron chi connectivity index (χ1n) is 11.2. The van der Waals surface area contributed by atoms with Crippen LogP contribution in [0.4, 0.5) is 5.69 Å². The van der Waals surface area contributed by atoms with E-state index in [1.54, 1.807) is 0 Å². The van der Waals surface area contributed by atoms with Gasteiger partial charge in [-0.3, -0.25) is 0 Å². The zero-order valence-electron chi connectivity index (χ0n) is 18.6. The number of anilines is 1. The summed E-state index contributed by atoms with van der Waals surface area (Å²) in [4.78, 5) is 2.43. The Hall–Kier alpha value is -3.10. The molecule has 1 nitrogen and oxygen atoms in total. The number of rotatable bonds is 1. The SMILES string of the molecule is CC.CN1c2ccccc2-c2c(c3ccccc3c3ccccc23)C1c1ccc(Br)cc1. The summed E-state index contributed by atoms with van der Waals surface area (Å²) in [6.07, 6.45) is 0. The van der Waals surface area contributed by atoms with Crippen molar-refractivity contribution in [3.8, 4) is 11.1 Å². The molecule has 0 N–H and O–H groups in total. The van der Waals surface area contributed by atoms with Gasteiger partial charge in [0.2, 0.25) is 0 Å². The van der Waals surface area contributed by atoms with Crippen LogP contribution in [0.5, 0.6) is 0 Å². The summed E-state index contributed by atoms with van der Waals surface area (Å²) in [5, 5.41) is 5.30. The molecule has 0 amide bonds. The Morgan fingerprint density at radius 2 is 1.16 bits per heavy atom. The Kier molecular flexibility index (Phi) is 5.48. The Morgan fingerprint density at radius 3 is 1.84 bits per heavy atom. The highest BCUT2D eigenvalue weighted by atomic mass is 79.9. The molecule has 5 aromatic rings. The number of hydrogen-bond donors (Lipinski definition) is 0. The Bertz CT molecular complexity index is 1420. The summed E-state index contributed by atoms with van der Waals surface area (Å²) < 4.78 is 1.11. The average Bonchev–Trinajstić information content (AvgIpc) is 2.86. The molecule has 0 spiro atoms. The first kappa shape index (κ1) is 20.8. The summed E-state index contributed by atoms with van der Waals surface area (Å²) in [6.45, 7) is 4.00. The molecule has 0 radical (unpaired) electrons. The van der Waals surface area contributed by atoms with E-state index in [0.29, 0.717) is 0 Å². The molecule has 0 aliphatic carbocycles. The molecule has 0 saturated carbocycles. The summed E-state index contributed by atoms with van der Waals surface area (Å²) >= 11 is 3.60. The molecule has 0 fully saturated rings. The molecule has 1 unspecified atom stereocenters. The smallest absolute Gasteiger partial charge is 0.0805 e. The standard InChI is InChI=1S/C28H20BrN.C2H6/c1-30-25-13-7-6-12-24(25)26-22-10-4-2-8-20(22)21-9-3-5-11-23(21)27(26)28(30)18-14-16-19(29)17-15-18;1-2/h2-17,28H,1H3;1-2H3. The topological polar surface area (TPSA) is 3.24 Å². The van der Waals surface area contributed by atoms with Gasteiger partial charge < -0.3 is 4.90 Å². The summed E-state index contributed by atoms with van der Waals surface area (Å²) in [5.74, 6) is 0. The van der Waals surface area contributed by atoms with Crippen molar-refractivity contribution in [1.29, 1.82) is 0 Å². The highest BCUT2D eigenvalue weighted by Gasteiger charge is 2.33. The third-order valence-corrected chi connectivity index (χ3v) is 6.90. The van der Waals surface area contributed by atoms with Crippen molar-refractivity contribution in [3.63, 3.8) is 0 Å². The lowest BCUT2D eigenvalue weighted by atomic mass is 9.79. The number of fused-ring (bicyclic) bond motifs is 8. The van der Waals surface area contributed by atoms with E-state index < -0.39 is 0 Å². The van der Waals surface area contributed by atoms with Gasteiger partial charge >= 0.3 is 0 Å². The third kappa shape index (κ3) is 3.13. The second kappa shape index (κ2) is 8.44. The fourth-order valence-corrected chi connectivity index (χ4v) is 5.37. The molecule has 0 bridgehead atoms. The van der Waals surface area contributed by atoms with E-state index in [-0.39, 0.29) is 6.04 Å². The summed E-state index contributed by atoms with van der Waals surface area (Å²) in [5.41, 5.74) is 6.65. The molecule has 0 aromatic heterocycles. The van der Waals surface area contributed by atoms with Gasteiger partial charge in [-0.2, -0.15) is 0 Å². The molecule has 6 rings (SSSR count). The molecule has 32 heavy (non-hydrogen) atoms. The number of halogens is 1. The van der Waals surface area contributed by atoms with Gasteiger partial charge in [0.1, 0.15) is 0 Å². The van der Waals surface area contributed by atoms with Gasteiger partial charge in [-0.25, -0.2) is 0 Å². The molecule has 0 saturated heterocycles. The highest BCUT2D eigenvalue weighted by Crippen LogP contribution is 2.52. The van der Waals surface area contributed by atoms with Gasteiger partial charge in [0.05, 0.1) is 6.04 Å². The average molecular weight is 480 g/mol. The van der Waals surface area contributed by atoms with Gasteiger partial charge in [-0.1, -0.05) is 109 Å². The lowest BCUT2D eigenvalue weighted by Crippen LogP contribution is -2.29. The molecule has 1 atom stereocenters. The first-order chi connectivity index (χ1) is 15.7. The number of benzene rings is 5. The van der Waals surface area contributed by atoms with Crippen molar-refractivity contribution in [3.05, 3.63) is 113 Å². The van der Waals surface area contributed by atoms with Crippen LogP contribution in [0, 0.1) is 0 Å². The Balaban J connectivity index is 0.00000105. The van der Waals surface area contributed by atoms with Gasteiger partial charge in [0.25, 0.3) is 0 Å². The van der Waals surface area contributed by atoms with Crippen LogP contribution in [0.1, 0.15) is 31.0 Å². The van der Waals surface area contributed by atoms with Crippen molar-refractivity contribution >= 4 is 43.2 Å². The molecule has 1 aliphatic rings. The normalized spacial score (nSPS) is 14.5. The lowest BCUT2D eigenvalue weighted by molar-refractivity contribution is 0.782. The van der Waals surface area contributed by atoms with Gasteiger partial charge in [0.15, 0.2) is 0 Å². The van der Waals surface area contributed by atoms with Crippen molar-refractivity contribution in [2.75, 3.05) is 11.9 Å². The maximum atomic E-state index is 3.60. The van der Waals surface area contributed by atoms with Gasteiger partial charge in [-0.15, -0.1) is 0 Å². The van der Waals surface area contributed by atoms with Crippen molar-refractivity contribution in [2.24, 2.45) is 0 Å². The van der Waals surface area contributed by atoms with E-state index in [9.17, 15) is 0 Å². The largest absolute Gasteiger partial charge is 0.363 e. The second-order valence-corrected chi connectivity index (χ2v) is 8.88. The van der Waals surface area contributed by atoms with E-state index in [2.05, 4.69) is 125 Å². The van der Waals surface area contributed by atoms with E-state index in [0.717, 1.165) is 4.47 Å². The predicted octanol–water partition coefficient (Wildman–Crippen LogP) is 8.99. The van der Waals surface area contributed by atoms with Crippen LogP contribution in [0.25, 0.3) is 32.7 Å². The van der Waals surface area contributed by atoms with Crippen LogP contribution in [0.2, 0.25) is 0 Å². The van der Waals surface area contributed by atoms with Crippen LogP contribution in [-0.2, 0) is 0 Å². The van der Waals surface area contributed by atoms with Crippen LogP contribution in [-0.4, -0.2) is 7.05 Å². The highest BCUT2D eigenvalue weighted by molar-refractivity contribution is 9.10. The minimum absolute atomic E-state index is 0.150.